The summed E-state index contributed by atoms with van der Waals surface area (Å²) < 4.78 is 27.0. The molecule has 0 aliphatic carbocycles. The molecule has 0 saturated heterocycles. The van der Waals surface area contributed by atoms with Crippen LogP contribution in [0.25, 0.3) is 0 Å². The zero-order chi connectivity index (χ0) is 15.3. The normalized spacial score (nSPS) is 11.1. The average Bonchev–Trinajstić information content (AvgIpc) is 2.26. The van der Waals surface area contributed by atoms with Crippen molar-refractivity contribution in [2.75, 3.05) is 19.6 Å². The first-order valence-corrected chi connectivity index (χ1v) is 6.29. The van der Waals surface area contributed by atoms with Gasteiger partial charge in [-0.15, -0.1) is 0 Å². The number of halogens is 2. The van der Waals surface area contributed by atoms with E-state index >= 15 is 0 Å². The number of rotatable bonds is 7. The molecule has 0 bridgehead atoms. The Bertz CT molecular complexity index is 484. The van der Waals surface area contributed by atoms with Gasteiger partial charge in [-0.1, -0.05) is 19.9 Å². The Balaban J connectivity index is 2.87. The molecule has 1 amide bonds. The number of carbonyl (C=O) groups excluding carboxylic acids is 2. The first-order chi connectivity index (χ1) is 9.31. The lowest BCUT2D eigenvalue weighted by atomic mass is 10.1. The van der Waals surface area contributed by atoms with Crippen LogP contribution in [0.2, 0.25) is 0 Å². The van der Waals surface area contributed by atoms with E-state index in [0.29, 0.717) is 6.54 Å². The van der Waals surface area contributed by atoms with Crippen LogP contribution >= 0.6 is 0 Å². The highest BCUT2D eigenvalue weighted by Crippen LogP contribution is 2.13. The highest BCUT2D eigenvalue weighted by molar-refractivity contribution is 5.98. The van der Waals surface area contributed by atoms with E-state index in [1.165, 1.54) is 11.0 Å². The number of primary amides is 1. The van der Waals surface area contributed by atoms with Crippen LogP contribution in [0.15, 0.2) is 18.2 Å². The van der Waals surface area contributed by atoms with E-state index in [9.17, 15) is 18.4 Å². The molecule has 0 aromatic heterocycles. The average molecular weight is 284 g/mol. The van der Waals surface area contributed by atoms with E-state index in [1.54, 1.807) is 0 Å². The van der Waals surface area contributed by atoms with Crippen molar-refractivity contribution in [1.29, 1.82) is 0 Å². The molecule has 1 aromatic rings. The molecule has 0 atom stereocenters. The summed E-state index contributed by atoms with van der Waals surface area (Å²) in [6.45, 7) is 3.87. The summed E-state index contributed by atoms with van der Waals surface area (Å²) in [6, 6.07) is 3.24. The van der Waals surface area contributed by atoms with Crippen LogP contribution in [-0.4, -0.2) is 36.2 Å². The van der Waals surface area contributed by atoms with Crippen molar-refractivity contribution in [2.45, 2.75) is 13.8 Å². The van der Waals surface area contributed by atoms with Gasteiger partial charge in [-0.05, 0) is 18.1 Å². The Morgan fingerprint density at radius 3 is 2.20 bits per heavy atom. The number of hydrogen-bond donors (Lipinski definition) is 1. The smallest absolute Gasteiger partial charge is 0.231 e. The Morgan fingerprint density at radius 2 is 1.75 bits per heavy atom. The monoisotopic (exact) mass is 284 g/mol. The maximum absolute atomic E-state index is 13.5. The minimum Gasteiger partial charge on any atom is -0.369 e. The van der Waals surface area contributed by atoms with Gasteiger partial charge in [0.05, 0.1) is 18.7 Å². The molecule has 0 radical (unpaired) electrons. The number of nitrogens with two attached hydrogens (primary N) is 1. The van der Waals surface area contributed by atoms with Gasteiger partial charge in [0.2, 0.25) is 5.91 Å². The van der Waals surface area contributed by atoms with Crippen LogP contribution < -0.4 is 5.73 Å². The highest BCUT2D eigenvalue weighted by Gasteiger charge is 2.21. The predicted octanol–water partition coefficient (Wildman–Crippen LogP) is 1.59. The maximum Gasteiger partial charge on any atom is 0.231 e. The van der Waals surface area contributed by atoms with E-state index in [-0.39, 0.29) is 19.0 Å². The summed E-state index contributed by atoms with van der Waals surface area (Å²) in [7, 11) is 0. The summed E-state index contributed by atoms with van der Waals surface area (Å²) in [5, 5.41) is 0. The van der Waals surface area contributed by atoms with Gasteiger partial charge in [-0.3, -0.25) is 14.5 Å². The number of benzene rings is 1. The molecule has 0 unspecified atom stereocenters. The Kier molecular flexibility index (Phi) is 5.76. The van der Waals surface area contributed by atoms with Gasteiger partial charge in [0.15, 0.2) is 5.78 Å². The van der Waals surface area contributed by atoms with E-state index in [0.717, 1.165) is 12.1 Å². The third-order valence-corrected chi connectivity index (χ3v) is 2.61. The number of nitrogens with zero attached hydrogens (tertiary/aromatic N) is 1. The number of amides is 1. The maximum atomic E-state index is 13.5. The van der Waals surface area contributed by atoms with Crippen molar-refractivity contribution >= 4 is 11.7 Å². The van der Waals surface area contributed by atoms with E-state index < -0.39 is 28.9 Å². The quantitative estimate of drug-likeness (QED) is 0.773. The second-order valence-electron chi connectivity index (χ2n) is 5.05. The third-order valence-electron chi connectivity index (χ3n) is 2.61. The van der Waals surface area contributed by atoms with Crippen LogP contribution in [-0.2, 0) is 4.79 Å². The molecule has 6 heteroatoms. The molecule has 20 heavy (non-hydrogen) atoms. The fourth-order valence-corrected chi connectivity index (χ4v) is 1.97. The Labute approximate surface area is 116 Å². The molecule has 110 valence electrons. The lowest BCUT2D eigenvalue weighted by Gasteiger charge is -2.22. The fraction of sp³-hybridized carbons (Fsp3) is 0.429. The summed E-state index contributed by atoms with van der Waals surface area (Å²) in [5.74, 6) is -2.92. The zero-order valence-corrected chi connectivity index (χ0v) is 11.5. The second kappa shape index (κ2) is 7.09. The molecular formula is C14H18F2N2O2. The zero-order valence-electron chi connectivity index (χ0n) is 11.5. The van der Waals surface area contributed by atoms with E-state index in [4.69, 9.17) is 5.73 Å². The third kappa shape index (κ3) is 4.70. The van der Waals surface area contributed by atoms with Crippen molar-refractivity contribution in [2.24, 2.45) is 11.7 Å². The van der Waals surface area contributed by atoms with Crippen molar-refractivity contribution in [3.63, 3.8) is 0 Å². The molecule has 4 nitrogen and oxygen atoms in total. The highest BCUT2D eigenvalue weighted by atomic mass is 19.1. The summed E-state index contributed by atoms with van der Waals surface area (Å²) in [4.78, 5) is 24.4. The van der Waals surface area contributed by atoms with Crippen LogP contribution in [0, 0.1) is 17.6 Å². The molecule has 1 aromatic carbocycles. The molecule has 0 fully saturated rings. The van der Waals surface area contributed by atoms with Gasteiger partial charge in [-0.2, -0.15) is 0 Å². The van der Waals surface area contributed by atoms with E-state index in [2.05, 4.69) is 0 Å². The summed E-state index contributed by atoms with van der Waals surface area (Å²) >= 11 is 0. The molecule has 0 aliphatic rings. The fourth-order valence-electron chi connectivity index (χ4n) is 1.97. The summed E-state index contributed by atoms with van der Waals surface area (Å²) in [5.41, 5.74) is 4.53. The van der Waals surface area contributed by atoms with Crippen molar-refractivity contribution < 1.29 is 18.4 Å². The number of carbonyl (C=O) groups is 2. The van der Waals surface area contributed by atoms with Crippen LogP contribution in [0.5, 0.6) is 0 Å². The van der Waals surface area contributed by atoms with Gasteiger partial charge >= 0.3 is 0 Å². The molecular weight excluding hydrogens is 266 g/mol. The van der Waals surface area contributed by atoms with Gasteiger partial charge < -0.3 is 5.73 Å². The number of hydrogen-bond acceptors (Lipinski definition) is 3. The second-order valence-corrected chi connectivity index (χ2v) is 5.05. The van der Waals surface area contributed by atoms with Gasteiger partial charge in [0.25, 0.3) is 0 Å². The van der Waals surface area contributed by atoms with Crippen molar-refractivity contribution in [3.05, 3.63) is 35.4 Å². The molecule has 0 saturated carbocycles. The molecule has 2 N–H and O–H groups in total. The Hall–Kier alpha value is -1.82. The van der Waals surface area contributed by atoms with Gasteiger partial charge in [-0.25, -0.2) is 8.78 Å². The van der Waals surface area contributed by atoms with Crippen LogP contribution in [0.3, 0.4) is 0 Å². The first-order valence-electron chi connectivity index (χ1n) is 6.29. The minimum atomic E-state index is -0.904. The van der Waals surface area contributed by atoms with Crippen LogP contribution in [0.4, 0.5) is 8.78 Å². The minimum absolute atomic E-state index is 0.125. The van der Waals surface area contributed by atoms with Gasteiger partial charge in [0, 0.05) is 6.54 Å². The van der Waals surface area contributed by atoms with Gasteiger partial charge in [0.1, 0.15) is 11.6 Å². The molecule has 0 aliphatic heterocycles. The summed E-state index contributed by atoms with van der Waals surface area (Å²) in [6.07, 6.45) is 0. The first kappa shape index (κ1) is 16.2. The lowest BCUT2D eigenvalue weighted by molar-refractivity contribution is -0.119. The number of ketones is 1. The molecule has 1 rings (SSSR count). The standard InChI is InChI=1S/C14H18F2N2O2/c1-9(2)6-18(8-13(17)20)7-12(19)14-10(15)4-3-5-11(14)16/h3-5,9H,6-8H2,1-2H3,(H2,17,20). The number of Topliss-reactive ketones (excluding diaryl/α,β-unsaturated/α-hetero) is 1. The topological polar surface area (TPSA) is 63.4 Å². The SMILES string of the molecule is CC(C)CN(CC(N)=O)CC(=O)c1c(F)cccc1F. The van der Waals surface area contributed by atoms with Crippen molar-refractivity contribution in [3.8, 4) is 0 Å². The van der Waals surface area contributed by atoms with E-state index in [1.807, 2.05) is 13.8 Å². The predicted molar refractivity (Wildman–Crippen MR) is 71.2 cm³/mol. The Morgan fingerprint density at radius 1 is 1.20 bits per heavy atom. The van der Waals surface area contributed by atoms with Crippen LogP contribution in [0.1, 0.15) is 24.2 Å². The van der Waals surface area contributed by atoms with Crippen molar-refractivity contribution in [1.82, 2.24) is 4.90 Å². The largest absolute Gasteiger partial charge is 0.369 e. The molecule has 0 spiro atoms. The molecule has 0 heterocycles. The lowest BCUT2D eigenvalue weighted by Crippen LogP contribution is -2.39.